The molecule has 0 amide bonds. The van der Waals surface area contributed by atoms with Gasteiger partial charge in [-0.25, -0.2) is 0 Å². The van der Waals surface area contributed by atoms with E-state index in [4.69, 9.17) is 23.2 Å². The Morgan fingerprint density at radius 1 is 1.13 bits per heavy atom. The van der Waals surface area contributed by atoms with Crippen molar-refractivity contribution in [3.8, 4) is 0 Å². The van der Waals surface area contributed by atoms with Gasteiger partial charge in [0.2, 0.25) is 0 Å². The maximum atomic E-state index is 12.5. The summed E-state index contributed by atoms with van der Waals surface area (Å²) in [6.45, 7) is 6.56. The quantitative estimate of drug-likeness (QED) is 0.655. The van der Waals surface area contributed by atoms with Crippen LogP contribution in [0.4, 0.5) is 0 Å². The zero-order valence-corrected chi connectivity index (χ0v) is 16.1. The second-order valence-electron chi connectivity index (χ2n) is 6.80. The molecule has 0 bridgehead atoms. The molecule has 0 N–H and O–H groups in total. The summed E-state index contributed by atoms with van der Waals surface area (Å²) in [7, 11) is 6.13. The Bertz CT molecular complexity index is 568. The average molecular weight is 357 g/mol. The predicted molar refractivity (Wildman–Crippen MR) is 100 cm³/mol. The first kappa shape index (κ1) is 20.2. The zero-order chi connectivity index (χ0) is 17.6. The Balaban J connectivity index is 2.66. The molecule has 0 saturated heterocycles. The molecule has 0 aliphatic carbocycles. The van der Waals surface area contributed by atoms with Gasteiger partial charge in [-0.2, -0.15) is 0 Å². The van der Waals surface area contributed by atoms with Crippen LogP contribution in [0, 0.1) is 5.41 Å². The summed E-state index contributed by atoms with van der Waals surface area (Å²) in [5.41, 5.74) is 0.429. The number of nitrogens with zero attached hydrogens (tertiary/aromatic N) is 2. The molecule has 0 atom stereocenters. The van der Waals surface area contributed by atoms with Crippen LogP contribution in [-0.2, 0) is 4.79 Å². The van der Waals surface area contributed by atoms with E-state index in [0.717, 1.165) is 18.7 Å². The molecule has 1 rings (SSSR count). The lowest BCUT2D eigenvalue weighted by molar-refractivity contribution is -0.122. The highest BCUT2D eigenvalue weighted by Gasteiger charge is 2.26. The van der Waals surface area contributed by atoms with Crippen molar-refractivity contribution < 1.29 is 4.79 Å². The summed E-state index contributed by atoms with van der Waals surface area (Å²) < 4.78 is 0. The van der Waals surface area contributed by atoms with Crippen molar-refractivity contribution in [3.63, 3.8) is 0 Å². The van der Waals surface area contributed by atoms with Gasteiger partial charge in [-0.05, 0) is 44.9 Å². The molecule has 0 aliphatic rings. The van der Waals surface area contributed by atoms with Crippen LogP contribution in [0.25, 0.3) is 6.08 Å². The first-order valence-electron chi connectivity index (χ1n) is 7.62. The molecule has 1 aromatic rings. The number of ketones is 1. The fourth-order valence-electron chi connectivity index (χ4n) is 2.22. The SMILES string of the molecule is CN(C)CCN(C)CC(C)(C)C(=O)/C=C\c1ccc(Cl)c(Cl)c1. The van der Waals surface area contributed by atoms with Crippen LogP contribution in [0.15, 0.2) is 24.3 Å². The summed E-state index contributed by atoms with van der Waals surface area (Å²) in [4.78, 5) is 16.8. The van der Waals surface area contributed by atoms with Crippen molar-refractivity contribution in [2.45, 2.75) is 13.8 Å². The van der Waals surface area contributed by atoms with Gasteiger partial charge in [0.25, 0.3) is 0 Å². The molecule has 0 radical (unpaired) electrons. The summed E-state index contributed by atoms with van der Waals surface area (Å²) >= 11 is 11.9. The van der Waals surface area contributed by atoms with Crippen LogP contribution in [0.5, 0.6) is 0 Å². The number of halogens is 2. The minimum absolute atomic E-state index is 0.0975. The lowest BCUT2D eigenvalue weighted by Crippen LogP contribution is -2.39. The molecule has 0 heterocycles. The number of hydrogen-bond donors (Lipinski definition) is 0. The van der Waals surface area contributed by atoms with Crippen LogP contribution in [-0.4, -0.2) is 56.4 Å². The smallest absolute Gasteiger partial charge is 0.162 e. The molecular weight excluding hydrogens is 331 g/mol. The van der Waals surface area contributed by atoms with Crippen molar-refractivity contribution >= 4 is 35.1 Å². The predicted octanol–water partition coefficient (Wildman–Crippen LogP) is 4.10. The van der Waals surface area contributed by atoms with Gasteiger partial charge in [-0.1, -0.05) is 49.2 Å². The molecular formula is C18H26Cl2N2O. The molecule has 0 spiro atoms. The number of carbonyl (C=O) groups is 1. The largest absolute Gasteiger partial charge is 0.308 e. The number of carbonyl (C=O) groups excluding carboxylic acids is 1. The van der Waals surface area contributed by atoms with E-state index in [1.165, 1.54) is 0 Å². The van der Waals surface area contributed by atoms with E-state index < -0.39 is 5.41 Å². The van der Waals surface area contributed by atoms with Gasteiger partial charge in [0.15, 0.2) is 5.78 Å². The standard InChI is InChI=1S/C18H26Cl2N2O/c1-18(2,13-22(5)11-10-21(3)4)17(23)9-7-14-6-8-15(19)16(20)12-14/h6-9,12H,10-11,13H2,1-5H3/b9-7-. The van der Waals surface area contributed by atoms with Crippen LogP contribution >= 0.6 is 23.2 Å². The van der Waals surface area contributed by atoms with Gasteiger partial charge >= 0.3 is 0 Å². The van der Waals surface area contributed by atoms with Crippen LogP contribution in [0.3, 0.4) is 0 Å². The van der Waals surface area contributed by atoms with Crippen LogP contribution < -0.4 is 0 Å². The lowest BCUT2D eigenvalue weighted by Gasteiger charge is -2.28. The topological polar surface area (TPSA) is 23.6 Å². The second-order valence-corrected chi connectivity index (χ2v) is 7.61. The maximum absolute atomic E-state index is 12.5. The Morgan fingerprint density at radius 2 is 1.78 bits per heavy atom. The fraction of sp³-hybridized carbons (Fsp3) is 0.500. The van der Waals surface area contributed by atoms with E-state index in [9.17, 15) is 4.79 Å². The average Bonchev–Trinajstić information content (AvgIpc) is 2.45. The summed E-state index contributed by atoms with van der Waals surface area (Å²) in [6, 6.07) is 5.33. The first-order valence-corrected chi connectivity index (χ1v) is 8.38. The molecule has 128 valence electrons. The highest BCUT2D eigenvalue weighted by molar-refractivity contribution is 6.42. The van der Waals surface area contributed by atoms with E-state index in [0.29, 0.717) is 16.6 Å². The minimum atomic E-state index is -0.437. The number of likely N-dealkylation sites (N-methyl/N-ethyl adjacent to an activating group) is 2. The van der Waals surface area contributed by atoms with Gasteiger partial charge in [0, 0.05) is 25.0 Å². The third kappa shape index (κ3) is 7.05. The third-order valence-corrected chi connectivity index (χ3v) is 4.37. The monoisotopic (exact) mass is 356 g/mol. The Hall–Kier alpha value is -0.870. The van der Waals surface area contributed by atoms with Crippen molar-refractivity contribution in [2.75, 3.05) is 40.8 Å². The van der Waals surface area contributed by atoms with E-state index in [-0.39, 0.29) is 5.78 Å². The van der Waals surface area contributed by atoms with E-state index in [1.807, 2.05) is 41.1 Å². The summed E-state index contributed by atoms with van der Waals surface area (Å²) in [5, 5.41) is 1.00. The lowest BCUT2D eigenvalue weighted by atomic mass is 9.87. The van der Waals surface area contributed by atoms with Crippen molar-refractivity contribution in [1.82, 2.24) is 9.80 Å². The molecule has 0 fully saturated rings. The summed E-state index contributed by atoms with van der Waals surface area (Å²) in [5.74, 6) is 0.0975. The van der Waals surface area contributed by atoms with Crippen LogP contribution in [0.2, 0.25) is 10.0 Å². The normalized spacial score (nSPS) is 12.6. The Kier molecular flexibility index (Phi) is 7.75. The fourth-order valence-corrected chi connectivity index (χ4v) is 2.52. The van der Waals surface area contributed by atoms with Gasteiger partial charge in [0.1, 0.15) is 0 Å². The molecule has 0 saturated carbocycles. The van der Waals surface area contributed by atoms with Gasteiger partial charge in [-0.15, -0.1) is 0 Å². The first-order chi connectivity index (χ1) is 10.6. The van der Waals surface area contributed by atoms with E-state index >= 15 is 0 Å². The zero-order valence-electron chi connectivity index (χ0n) is 14.6. The molecule has 0 aromatic heterocycles. The molecule has 23 heavy (non-hydrogen) atoms. The molecule has 0 aliphatic heterocycles. The van der Waals surface area contributed by atoms with Gasteiger partial charge in [0.05, 0.1) is 10.0 Å². The highest BCUT2D eigenvalue weighted by atomic mass is 35.5. The minimum Gasteiger partial charge on any atom is -0.308 e. The number of allylic oxidation sites excluding steroid dienone is 1. The van der Waals surface area contributed by atoms with Gasteiger partial charge in [-0.3, -0.25) is 4.79 Å². The van der Waals surface area contributed by atoms with E-state index in [1.54, 1.807) is 24.3 Å². The molecule has 1 aromatic carbocycles. The highest BCUT2D eigenvalue weighted by Crippen LogP contribution is 2.24. The van der Waals surface area contributed by atoms with Crippen molar-refractivity contribution in [2.24, 2.45) is 5.41 Å². The molecule has 3 nitrogen and oxygen atoms in total. The second kappa shape index (κ2) is 8.84. The van der Waals surface area contributed by atoms with E-state index in [2.05, 4.69) is 9.80 Å². The Labute approximate surface area is 149 Å². The summed E-state index contributed by atoms with van der Waals surface area (Å²) in [6.07, 6.45) is 3.41. The Morgan fingerprint density at radius 3 is 2.35 bits per heavy atom. The molecule has 5 heteroatoms. The van der Waals surface area contributed by atoms with Crippen LogP contribution in [0.1, 0.15) is 19.4 Å². The number of benzene rings is 1. The van der Waals surface area contributed by atoms with Gasteiger partial charge < -0.3 is 9.80 Å². The third-order valence-electron chi connectivity index (χ3n) is 3.63. The number of rotatable bonds is 8. The van der Waals surface area contributed by atoms with Crippen molar-refractivity contribution in [3.05, 3.63) is 39.9 Å². The molecule has 0 unspecified atom stereocenters. The number of hydrogen-bond acceptors (Lipinski definition) is 3. The maximum Gasteiger partial charge on any atom is 0.162 e. The van der Waals surface area contributed by atoms with Crippen molar-refractivity contribution in [1.29, 1.82) is 0 Å².